The first-order valence-corrected chi connectivity index (χ1v) is 9.84. The molecule has 0 atom stereocenters. The van der Waals surface area contributed by atoms with Crippen LogP contribution in [0.5, 0.6) is 0 Å². The maximum Gasteiger partial charge on any atom is 0.321 e. The number of fused-ring (bicyclic) bond motifs is 1. The first-order valence-electron chi connectivity index (χ1n) is 9.84. The van der Waals surface area contributed by atoms with Crippen LogP contribution < -0.4 is 5.32 Å². The molecule has 0 radical (unpaired) electrons. The number of piperazine rings is 1. The molecule has 1 N–H and O–H groups in total. The highest BCUT2D eigenvalue weighted by Gasteiger charge is 2.22. The van der Waals surface area contributed by atoms with Crippen molar-refractivity contribution < 1.29 is 9.21 Å². The molecule has 28 heavy (non-hydrogen) atoms. The van der Waals surface area contributed by atoms with Crippen molar-refractivity contribution in [2.75, 3.05) is 31.5 Å². The van der Waals surface area contributed by atoms with Gasteiger partial charge in [-0.2, -0.15) is 0 Å². The number of nitrogens with one attached hydrogen (secondary N) is 1. The first kappa shape index (κ1) is 18.5. The summed E-state index contributed by atoms with van der Waals surface area (Å²) in [6.07, 6.45) is 0.897. The van der Waals surface area contributed by atoms with Crippen molar-refractivity contribution in [1.82, 2.24) is 14.8 Å². The number of rotatable bonds is 4. The third kappa shape index (κ3) is 4.02. The number of para-hydroxylation sites is 1. The van der Waals surface area contributed by atoms with E-state index in [2.05, 4.69) is 35.1 Å². The Morgan fingerprint density at radius 1 is 1.14 bits per heavy atom. The number of carbonyl (C=O) groups is 1. The van der Waals surface area contributed by atoms with E-state index in [-0.39, 0.29) is 6.03 Å². The van der Waals surface area contributed by atoms with Crippen LogP contribution in [0.3, 0.4) is 0 Å². The molecule has 0 bridgehead atoms. The maximum absolute atomic E-state index is 12.6. The second-order valence-corrected chi connectivity index (χ2v) is 7.28. The quantitative estimate of drug-likeness (QED) is 0.744. The van der Waals surface area contributed by atoms with E-state index in [0.717, 1.165) is 47.8 Å². The van der Waals surface area contributed by atoms with Gasteiger partial charge in [0.1, 0.15) is 5.52 Å². The average Bonchev–Trinajstić information content (AvgIpc) is 3.10. The second kappa shape index (κ2) is 8.02. The van der Waals surface area contributed by atoms with Gasteiger partial charge in [0.05, 0.1) is 6.54 Å². The highest BCUT2D eigenvalue weighted by atomic mass is 16.3. The zero-order valence-electron chi connectivity index (χ0n) is 16.4. The predicted molar refractivity (Wildman–Crippen MR) is 110 cm³/mol. The summed E-state index contributed by atoms with van der Waals surface area (Å²) in [4.78, 5) is 21.4. The predicted octanol–water partition coefficient (Wildman–Crippen LogP) is 4.05. The van der Waals surface area contributed by atoms with Crippen LogP contribution in [0.25, 0.3) is 11.1 Å². The lowest BCUT2D eigenvalue weighted by atomic mass is 10.1. The van der Waals surface area contributed by atoms with E-state index in [1.165, 1.54) is 5.56 Å². The minimum absolute atomic E-state index is 0.0297. The first-order chi connectivity index (χ1) is 13.6. The fraction of sp³-hybridized carbons (Fsp3) is 0.364. The van der Waals surface area contributed by atoms with Gasteiger partial charge in [0.25, 0.3) is 0 Å². The number of hydrogen-bond donors (Lipinski definition) is 1. The smallest absolute Gasteiger partial charge is 0.321 e. The van der Waals surface area contributed by atoms with Crippen molar-refractivity contribution in [2.24, 2.45) is 0 Å². The van der Waals surface area contributed by atoms with E-state index < -0.39 is 0 Å². The molecule has 1 aromatic heterocycles. The summed E-state index contributed by atoms with van der Waals surface area (Å²) in [5.41, 5.74) is 4.97. The number of amides is 2. The van der Waals surface area contributed by atoms with Gasteiger partial charge in [-0.05, 0) is 42.7 Å². The zero-order chi connectivity index (χ0) is 19.5. The van der Waals surface area contributed by atoms with E-state index in [1.54, 1.807) is 0 Å². The van der Waals surface area contributed by atoms with E-state index in [4.69, 9.17) is 4.42 Å². The Balaban J connectivity index is 1.33. The largest absolute Gasteiger partial charge is 0.439 e. The Bertz CT molecular complexity index is 974. The molecule has 1 aliphatic rings. The summed E-state index contributed by atoms with van der Waals surface area (Å²) in [6.45, 7) is 7.82. The number of hydrogen-bond acceptors (Lipinski definition) is 4. The lowest BCUT2D eigenvalue weighted by Crippen LogP contribution is -2.49. The van der Waals surface area contributed by atoms with Crippen LogP contribution >= 0.6 is 0 Å². The van der Waals surface area contributed by atoms with Crippen molar-refractivity contribution in [3.63, 3.8) is 0 Å². The molecule has 0 spiro atoms. The molecule has 0 aliphatic carbocycles. The lowest BCUT2D eigenvalue weighted by molar-refractivity contribution is 0.136. The Hall–Kier alpha value is -2.86. The molecule has 1 fully saturated rings. The molecular weight excluding hydrogens is 352 g/mol. The topological polar surface area (TPSA) is 61.6 Å². The standard InChI is InChI=1S/C22H26N4O2/c1-3-17-6-4-5-7-18(17)24-22(27)26-12-10-25(11-13-26)15-21-23-19-14-16(2)8-9-20(19)28-21/h4-9,14H,3,10-13,15H2,1-2H3,(H,24,27). The number of oxazole rings is 1. The molecule has 4 rings (SSSR count). The number of carbonyl (C=O) groups excluding carboxylic acids is 1. The molecule has 146 valence electrons. The monoisotopic (exact) mass is 378 g/mol. The van der Waals surface area contributed by atoms with Crippen LogP contribution in [0, 0.1) is 6.92 Å². The Morgan fingerprint density at radius 2 is 1.93 bits per heavy atom. The normalized spacial score (nSPS) is 15.1. The third-order valence-electron chi connectivity index (χ3n) is 5.25. The van der Waals surface area contributed by atoms with E-state index in [1.807, 2.05) is 41.3 Å². The van der Waals surface area contributed by atoms with Crippen LogP contribution in [0.15, 0.2) is 46.9 Å². The summed E-state index contributed by atoms with van der Waals surface area (Å²) in [5, 5.41) is 3.06. The molecular formula is C22H26N4O2. The summed E-state index contributed by atoms with van der Waals surface area (Å²) in [7, 11) is 0. The van der Waals surface area contributed by atoms with Gasteiger partial charge in [-0.3, -0.25) is 4.90 Å². The summed E-state index contributed by atoms with van der Waals surface area (Å²) in [5.74, 6) is 0.732. The van der Waals surface area contributed by atoms with Gasteiger partial charge < -0.3 is 14.6 Å². The van der Waals surface area contributed by atoms with Gasteiger partial charge in [-0.25, -0.2) is 9.78 Å². The Labute approximate surface area is 165 Å². The van der Waals surface area contributed by atoms with Crippen LogP contribution in [-0.2, 0) is 13.0 Å². The second-order valence-electron chi connectivity index (χ2n) is 7.28. The number of aromatic nitrogens is 1. The number of nitrogens with zero attached hydrogens (tertiary/aromatic N) is 3. The number of urea groups is 1. The van der Waals surface area contributed by atoms with Crippen LogP contribution in [0.1, 0.15) is 23.9 Å². The van der Waals surface area contributed by atoms with Gasteiger partial charge >= 0.3 is 6.03 Å². The minimum Gasteiger partial charge on any atom is -0.439 e. The minimum atomic E-state index is -0.0297. The summed E-state index contributed by atoms with van der Waals surface area (Å²) >= 11 is 0. The Morgan fingerprint density at radius 3 is 2.71 bits per heavy atom. The number of benzene rings is 2. The molecule has 2 aromatic carbocycles. The third-order valence-corrected chi connectivity index (χ3v) is 5.25. The van der Waals surface area contributed by atoms with E-state index in [0.29, 0.717) is 19.6 Å². The molecule has 2 amide bonds. The van der Waals surface area contributed by atoms with Gasteiger partial charge in [-0.15, -0.1) is 0 Å². The van der Waals surface area contributed by atoms with Crippen LogP contribution in [0.4, 0.5) is 10.5 Å². The van der Waals surface area contributed by atoms with Crippen LogP contribution in [-0.4, -0.2) is 47.0 Å². The Kier molecular flexibility index (Phi) is 5.30. The summed E-state index contributed by atoms with van der Waals surface area (Å²) < 4.78 is 5.86. The van der Waals surface area contributed by atoms with Gasteiger partial charge in [-0.1, -0.05) is 31.2 Å². The van der Waals surface area contributed by atoms with E-state index >= 15 is 0 Å². The van der Waals surface area contributed by atoms with Crippen LogP contribution in [0.2, 0.25) is 0 Å². The maximum atomic E-state index is 12.6. The number of aryl methyl sites for hydroxylation is 2. The fourth-order valence-corrected chi connectivity index (χ4v) is 3.60. The molecule has 1 saturated heterocycles. The molecule has 6 heteroatoms. The highest BCUT2D eigenvalue weighted by molar-refractivity contribution is 5.90. The van der Waals surface area contributed by atoms with Gasteiger partial charge in [0.15, 0.2) is 5.58 Å². The molecule has 2 heterocycles. The fourth-order valence-electron chi connectivity index (χ4n) is 3.60. The molecule has 1 aliphatic heterocycles. The SMILES string of the molecule is CCc1ccccc1NC(=O)N1CCN(Cc2nc3cc(C)ccc3o2)CC1. The zero-order valence-corrected chi connectivity index (χ0v) is 16.4. The molecule has 3 aromatic rings. The van der Waals surface area contributed by atoms with Crippen molar-refractivity contribution in [1.29, 1.82) is 0 Å². The van der Waals surface area contributed by atoms with Crippen molar-refractivity contribution in [3.8, 4) is 0 Å². The van der Waals surface area contributed by atoms with Crippen molar-refractivity contribution in [3.05, 3.63) is 59.5 Å². The average molecular weight is 378 g/mol. The number of anilines is 1. The molecule has 0 saturated carbocycles. The summed E-state index contributed by atoms with van der Waals surface area (Å²) in [6, 6.07) is 14.0. The lowest BCUT2D eigenvalue weighted by Gasteiger charge is -2.34. The molecule has 6 nitrogen and oxygen atoms in total. The van der Waals surface area contributed by atoms with Crippen molar-refractivity contribution >= 4 is 22.8 Å². The van der Waals surface area contributed by atoms with Crippen molar-refractivity contribution in [2.45, 2.75) is 26.8 Å². The van der Waals surface area contributed by atoms with E-state index in [9.17, 15) is 4.79 Å². The van der Waals surface area contributed by atoms with Gasteiger partial charge in [0, 0.05) is 31.9 Å². The highest BCUT2D eigenvalue weighted by Crippen LogP contribution is 2.19. The van der Waals surface area contributed by atoms with Gasteiger partial charge in [0.2, 0.25) is 5.89 Å². The molecule has 0 unspecified atom stereocenters.